The fourth-order valence-electron chi connectivity index (χ4n) is 7.58. The Morgan fingerprint density at radius 2 is 1.57 bits per heavy atom. The second kappa shape index (κ2) is 16.7. The summed E-state index contributed by atoms with van der Waals surface area (Å²) in [6.45, 7) is 2.78. The van der Waals surface area contributed by atoms with Crippen molar-refractivity contribution in [2.75, 3.05) is 19.6 Å². The van der Waals surface area contributed by atoms with Crippen LogP contribution in [0.15, 0.2) is 102 Å². The number of benzene rings is 4. The van der Waals surface area contributed by atoms with Crippen LogP contribution in [0.2, 0.25) is 0 Å². The molecule has 0 bridgehead atoms. The van der Waals surface area contributed by atoms with Crippen LogP contribution in [0, 0.1) is 0 Å². The van der Waals surface area contributed by atoms with Gasteiger partial charge in [0.25, 0.3) is 0 Å². The van der Waals surface area contributed by atoms with Gasteiger partial charge in [0.2, 0.25) is 5.91 Å². The number of aliphatic carboxylic acids is 1. The molecule has 3 unspecified atom stereocenters. The quantitative estimate of drug-likeness (QED) is 0.112. The van der Waals surface area contributed by atoms with Crippen molar-refractivity contribution in [3.63, 3.8) is 0 Å². The Morgan fingerprint density at radius 1 is 0.849 bits per heavy atom. The number of ether oxygens (including phenoxy) is 2. The van der Waals surface area contributed by atoms with Crippen molar-refractivity contribution in [2.45, 2.75) is 76.2 Å². The molecule has 0 radical (unpaired) electrons. The van der Waals surface area contributed by atoms with Gasteiger partial charge in [-0.05, 0) is 59.2 Å². The Bertz CT molecular complexity index is 2070. The molecule has 53 heavy (non-hydrogen) atoms. The number of aliphatic hydroxyl groups excluding tert-OH is 1. The van der Waals surface area contributed by atoms with E-state index in [0.29, 0.717) is 19.4 Å². The summed E-state index contributed by atoms with van der Waals surface area (Å²) in [7, 11) is 0. The van der Waals surface area contributed by atoms with E-state index in [1.165, 1.54) is 0 Å². The summed E-state index contributed by atoms with van der Waals surface area (Å²) < 4.78 is 15.2. The number of hydrogen-bond donors (Lipinski definition) is 4. The molecule has 11 heteroatoms. The van der Waals surface area contributed by atoms with Gasteiger partial charge in [-0.1, -0.05) is 84.9 Å². The Balaban J connectivity index is 1.04. The van der Waals surface area contributed by atoms with E-state index in [2.05, 4.69) is 15.2 Å². The highest BCUT2D eigenvalue weighted by atomic mass is 16.7. The molecule has 5 aromatic rings. The maximum absolute atomic E-state index is 12.9. The number of carbonyl (C=O) groups excluding carboxylic acids is 1. The summed E-state index contributed by atoms with van der Waals surface area (Å²) in [5.74, 6) is -1.08. The maximum atomic E-state index is 12.9. The van der Waals surface area contributed by atoms with Gasteiger partial charge in [0, 0.05) is 57.0 Å². The Kier molecular flexibility index (Phi) is 11.5. The number of para-hydroxylation sites is 2. The van der Waals surface area contributed by atoms with Crippen LogP contribution < -0.4 is 11.0 Å². The van der Waals surface area contributed by atoms with E-state index in [1.54, 1.807) is 0 Å². The average molecular weight is 719 g/mol. The van der Waals surface area contributed by atoms with Gasteiger partial charge in [-0.15, -0.1) is 0 Å². The van der Waals surface area contributed by atoms with Crippen LogP contribution in [0.5, 0.6) is 0 Å². The van der Waals surface area contributed by atoms with Crippen molar-refractivity contribution >= 4 is 22.9 Å². The zero-order valence-corrected chi connectivity index (χ0v) is 29.7. The minimum Gasteiger partial charge on any atom is -0.481 e. The number of nitrogens with zero attached hydrogens (tertiary/aromatic N) is 2. The number of likely N-dealkylation sites (tertiary alicyclic amines) is 1. The average Bonchev–Trinajstić information content (AvgIpc) is 3.53. The van der Waals surface area contributed by atoms with Gasteiger partial charge in [0.15, 0.2) is 6.29 Å². The van der Waals surface area contributed by atoms with E-state index in [-0.39, 0.29) is 49.3 Å². The number of carboxylic acids is 1. The van der Waals surface area contributed by atoms with Crippen LogP contribution in [-0.2, 0) is 32.2 Å². The first-order valence-electron chi connectivity index (χ1n) is 18.4. The Hall–Kier alpha value is -5.07. The fourth-order valence-corrected chi connectivity index (χ4v) is 7.58. The zero-order valence-electron chi connectivity index (χ0n) is 29.7. The van der Waals surface area contributed by atoms with Crippen LogP contribution in [0.3, 0.4) is 0 Å². The second-order valence-corrected chi connectivity index (χ2v) is 14.0. The lowest BCUT2D eigenvalue weighted by molar-refractivity contribution is -0.253. The smallest absolute Gasteiger partial charge is 0.326 e. The molecule has 4 N–H and O–H groups in total. The molecule has 0 aliphatic carbocycles. The lowest BCUT2D eigenvalue weighted by atomic mass is 9.97. The van der Waals surface area contributed by atoms with Crippen molar-refractivity contribution in [3.05, 3.63) is 130 Å². The Morgan fingerprint density at radius 3 is 2.32 bits per heavy atom. The van der Waals surface area contributed by atoms with E-state index in [4.69, 9.17) is 14.6 Å². The minimum absolute atomic E-state index is 0.0184. The van der Waals surface area contributed by atoms with Gasteiger partial charge in [-0.2, -0.15) is 0 Å². The van der Waals surface area contributed by atoms with Crippen molar-refractivity contribution in [1.29, 1.82) is 0 Å². The SMILES string of the molecule is O=C(O)CCCC(=O)NCc1ccccc1-c1ccc(C2OC(CN3CCC(n4c(=O)[nH]c5ccccc54)CC3)CC(c3ccc(CO)cc3)O2)cc1. The van der Waals surface area contributed by atoms with Crippen LogP contribution in [0.4, 0.5) is 0 Å². The molecule has 2 fully saturated rings. The molecule has 2 aliphatic heterocycles. The van der Waals surface area contributed by atoms with Crippen LogP contribution >= 0.6 is 0 Å². The molecular weight excluding hydrogens is 672 g/mol. The number of amides is 1. The highest BCUT2D eigenvalue weighted by Gasteiger charge is 2.34. The summed E-state index contributed by atoms with van der Waals surface area (Å²) >= 11 is 0. The van der Waals surface area contributed by atoms with Gasteiger partial charge in [-0.25, -0.2) is 4.79 Å². The molecule has 3 heterocycles. The highest BCUT2D eigenvalue weighted by Crippen LogP contribution is 2.39. The van der Waals surface area contributed by atoms with E-state index in [0.717, 1.165) is 76.9 Å². The zero-order chi connectivity index (χ0) is 36.7. The van der Waals surface area contributed by atoms with Crippen molar-refractivity contribution < 1.29 is 29.3 Å². The number of H-pyrrole nitrogens is 1. The van der Waals surface area contributed by atoms with Crippen molar-refractivity contribution in [3.8, 4) is 11.1 Å². The number of aliphatic hydroxyl groups is 1. The van der Waals surface area contributed by atoms with E-state index in [1.807, 2.05) is 102 Å². The van der Waals surface area contributed by atoms with Crippen LogP contribution in [-0.4, -0.2) is 62.3 Å². The molecule has 2 aliphatic rings. The van der Waals surface area contributed by atoms with Crippen molar-refractivity contribution in [2.24, 2.45) is 0 Å². The van der Waals surface area contributed by atoms with Gasteiger partial charge in [0.05, 0.1) is 29.8 Å². The first-order chi connectivity index (χ1) is 25.8. The molecule has 4 aromatic carbocycles. The number of rotatable bonds is 13. The number of carboxylic acid groups (broad SMARTS) is 1. The van der Waals surface area contributed by atoms with Crippen LogP contribution in [0.25, 0.3) is 22.2 Å². The molecule has 0 spiro atoms. The fraction of sp³-hybridized carbons (Fsp3) is 0.357. The molecule has 1 amide bonds. The van der Waals surface area contributed by atoms with Gasteiger partial charge in [-0.3, -0.25) is 14.2 Å². The van der Waals surface area contributed by atoms with E-state index >= 15 is 0 Å². The Labute approximate surface area is 308 Å². The third-order valence-electron chi connectivity index (χ3n) is 10.4. The predicted molar refractivity (Wildman–Crippen MR) is 201 cm³/mol. The molecular formula is C42H46N4O7. The highest BCUT2D eigenvalue weighted by molar-refractivity contribution is 5.77. The summed E-state index contributed by atoms with van der Waals surface area (Å²) in [6, 6.07) is 31.9. The summed E-state index contributed by atoms with van der Waals surface area (Å²) in [5.41, 5.74) is 7.49. The summed E-state index contributed by atoms with van der Waals surface area (Å²) in [5, 5.41) is 21.4. The maximum Gasteiger partial charge on any atom is 0.326 e. The monoisotopic (exact) mass is 718 g/mol. The summed E-state index contributed by atoms with van der Waals surface area (Å²) in [4.78, 5) is 41.4. The molecule has 1 aromatic heterocycles. The minimum atomic E-state index is -0.906. The number of imidazole rings is 1. The molecule has 11 nitrogen and oxygen atoms in total. The van der Waals surface area contributed by atoms with Crippen LogP contribution in [0.1, 0.15) is 79.2 Å². The number of hydrogen-bond acceptors (Lipinski definition) is 7. The molecule has 7 rings (SSSR count). The standard InChI is InChI=1S/C42H46N4O7/c47-27-28-12-14-30(15-13-28)38-24-34(26-45-22-20-33(21-23-45)46-37-9-4-3-8-36(37)44-42(46)51)52-41(53-38)31-18-16-29(17-19-31)35-7-2-1-6-32(35)25-43-39(48)10-5-11-40(49)50/h1-4,6-9,12-19,33-34,38,41,47H,5,10-11,20-27H2,(H,43,48)(H,44,51)(H,49,50). The number of aromatic nitrogens is 2. The number of piperidine rings is 1. The largest absolute Gasteiger partial charge is 0.481 e. The lowest BCUT2D eigenvalue weighted by Crippen LogP contribution is -2.43. The molecule has 3 atom stereocenters. The van der Waals surface area contributed by atoms with Gasteiger partial charge < -0.3 is 34.9 Å². The number of aromatic amines is 1. The first kappa shape index (κ1) is 36.3. The number of nitrogens with one attached hydrogen (secondary N) is 2. The topological polar surface area (TPSA) is 146 Å². The van der Waals surface area contributed by atoms with E-state index in [9.17, 15) is 19.5 Å². The van der Waals surface area contributed by atoms with E-state index < -0.39 is 12.3 Å². The third kappa shape index (κ3) is 8.77. The normalized spacial score (nSPS) is 19.7. The van der Waals surface area contributed by atoms with Gasteiger partial charge in [0.1, 0.15) is 0 Å². The second-order valence-electron chi connectivity index (χ2n) is 14.0. The third-order valence-corrected chi connectivity index (χ3v) is 10.4. The molecule has 276 valence electrons. The lowest BCUT2D eigenvalue weighted by Gasteiger charge is -2.40. The first-order valence-corrected chi connectivity index (χ1v) is 18.4. The summed E-state index contributed by atoms with van der Waals surface area (Å²) in [6.07, 6.45) is 1.99. The number of carbonyl (C=O) groups is 2. The van der Waals surface area contributed by atoms with Gasteiger partial charge >= 0.3 is 11.7 Å². The molecule has 0 saturated carbocycles. The molecule has 2 saturated heterocycles. The number of fused-ring (bicyclic) bond motifs is 1. The predicted octanol–water partition coefficient (Wildman–Crippen LogP) is 6.24. The van der Waals surface area contributed by atoms with Crippen molar-refractivity contribution in [1.82, 2.24) is 19.8 Å².